The number of benzene rings is 1. The van der Waals surface area contributed by atoms with E-state index in [1.807, 2.05) is 37.5 Å². The van der Waals surface area contributed by atoms with E-state index in [2.05, 4.69) is 17.1 Å². The molecule has 0 aliphatic rings. The maximum atomic E-state index is 11.4. The fourth-order valence-electron chi connectivity index (χ4n) is 2.10. The summed E-state index contributed by atoms with van der Waals surface area (Å²) in [4.78, 5) is 16.4. The third kappa shape index (κ3) is 2.62. The Labute approximate surface area is 107 Å². The van der Waals surface area contributed by atoms with Crippen molar-refractivity contribution in [2.24, 2.45) is 0 Å². The number of fused-ring (bicyclic) bond motifs is 1. The summed E-state index contributed by atoms with van der Waals surface area (Å²) in [5, 5.41) is 1.24. The molecule has 0 aliphatic heterocycles. The Morgan fingerprint density at radius 3 is 2.89 bits per heavy atom. The molecule has 1 heterocycles. The zero-order chi connectivity index (χ0) is 13.0. The number of rotatable bonds is 4. The molecule has 0 bridgehead atoms. The third-order valence-electron chi connectivity index (χ3n) is 3.03. The normalized spacial score (nSPS) is 11.2. The second-order valence-electron chi connectivity index (χ2n) is 4.30. The molecule has 2 aromatic rings. The van der Waals surface area contributed by atoms with Crippen LogP contribution >= 0.6 is 0 Å². The molecule has 1 N–H and O–H groups in total. The maximum Gasteiger partial charge on any atom is 0.223 e. The van der Waals surface area contributed by atoms with Crippen molar-refractivity contribution in [3.63, 3.8) is 0 Å². The molecule has 1 amide bonds. The summed E-state index contributed by atoms with van der Waals surface area (Å²) in [6, 6.07) is 8.22. The van der Waals surface area contributed by atoms with Crippen molar-refractivity contribution in [1.29, 1.82) is 0 Å². The highest BCUT2D eigenvalue weighted by Crippen LogP contribution is 2.18. The second-order valence-corrected chi connectivity index (χ2v) is 4.30. The molecule has 0 saturated heterocycles. The number of amides is 1. The highest BCUT2D eigenvalue weighted by molar-refractivity contribution is 5.83. The zero-order valence-electron chi connectivity index (χ0n) is 10.8. The largest absolute Gasteiger partial charge is 0.361 e. The van der Waals surface area contributed by atoms with Crippen molar-refractivity contribution < 1.29 is 4.79 Å². The lowest BCUT2D eigenvalue weighted by Crippen LogP contribution is -2.25. The van der Waals surface area contributed by atoms with Gasteiger partial charge in [-0.15, -0.1) is 0 Å². The van der Waals surface area contributed by atoms with Crippen LogP contribution in [-0.4, -0.2) is 22.3 Å². The van der Waals surface area contributed by atoms with Crippen LogP contribution in [0.25, 0.3) is 10.9 Å². The molecule has 0 aliphatic carbocycles. The summed E-state index contributed by atoms with van der Waals surface area (Å²) >= 11 is 0. The van der Waals surface area contributed by atoms with Gasteiger partial charge in [0, 0.05) is 36.8 Å². The van der Waals surface area contributed by atoms with Gasteiger partial charge in [-0.1, -0.05) is 24.3 Å². The van der Waals surface area contributed by atoms with Crippen LogP contribution in [0.2, 0.25) is 0 Å². The van der Waals surface area contributed by atoms with E-state index in [9.17, 15) is 4.79 Å². The van der Waals surface area contributed by atoms with Gasteiger partial charge in [-0.2, -0.15) is 0 Å². The number of H-pyrrole nitrogens is 1. The van der Waals surface area contributed by atoms with Crippen LogP contribution in [0.4, 0.5) is 0 Å². The lowest BCUT2D eigenvalue weighted by molar-refractivity contribution is -0.126. The Kier molecular flexibility index (Phi) is 3.82. The molecule has 0 atom stereocenters. The van der Waals surface area contributed by atoms with Crippen molar-refractivity contribution >= 4 is 16.8 Å². The van der Waals surface area contributed by atoms with Gasteiger partial charge >= 0.3 is 0 Å². The van der Waals surface area contributed by atoms with Gasteiger partial charge in [-0.3, -0.25) is 4.79 Å². The molecule has 94 valence electrons. The van der Waals surface area contributed by atoms with E-state index in [4.69, 9.17) is 0 Å². The molecular formula is C15H18N2O. The molecular weight excluding hydrogens is 224 g/mol. The van der Waals surface area contributed by atoms with Crippen molar-refractivity contribution in [3.05, 3.63) is 48.3 Å². The van der Waals surface area contributed by atoms with E-state index in [1.165, 1.54) is 10.9 Å². The molecule has 2 rings (SSSR count). The molecule has 0 unspecified atom stereocenters. The highest BCUT2D eigenvalue weighted by Gasteiger charge is 2.07. The van der Waals surface area contributed by atoms with Crippen LogP contribution in [0.3, 0.4) is 0 Å². The number of nitrogens with one attached hydrogen (secondary N) is 1. The Hall–Kier alpha value is -2.03. The van der Waals surface area contributed by atoms with Crippen LogP contribution in [0.1, 0.15) is 19.4 Å². The first kappa shape index (κ1) is 12.4. The van der Waals surface area contributed by atoms with Crippen LogP contribution in [0, 0.1) is 0 Å². The molecule has 1 aromatic heterocycles. The summed E-state index contributed by atoms with van der Waals surface area (Å²) in [5.74, 6) is 0.0768. The SMILES string of the molecule is C/C=C/N(CCc1c[nH]c2ccccc12)C(C)=O. The van der Waals surface area contributed by atoms with E-state index in [0.717, 1.165) is 11.9 Å². The number of para-hydroxylation sites is 1. The average molecular weight is 242 g/mol. The predicted octanol–water partition coefficient (Wildman–Crippen LogP) is 3.09. The quantitative estimate of drug-likeness (QED) is 0.878. The van der Waals surface area contributed by atoms with Gasteiger partial charge in [-0.05, 0) is 25.0 Å². The zero-order valence-corrected chi connectivity index (χ0v) is 10.8. The van der Waals surface area contributed by atoms with Crippen LogP contribution in [0.15, 0.2) is 42.7 Å². The minimum atomic E-state index is 0.0768. The lowest BCUT2D eigenvalue weighted by atomic mass is 10.1. The number of carbonyl (C=O) groups excluding carboxylic acids is 1. The predicted molar refractivity (Wildman–Crippen MR) is 74.2 cm³/mol. The van der Waals surface area contributed by atoms with E-state index in [-0.39, 0.29) is 5.91 Å². The number of nitrogens with zero attached hydrogens (tertiary/aromatic N) is 1. The summed E-state index contributed by atoms with van der Waals surface area (Å²) < 4.78 is 0. The van der Waals surface area contributed by atoms with Gasteiger partial charge in [0.05, 0.1) is 0 Å². The first-order valence-corrected chi connectivity index (χ1v) is 6.17. The van der Waals surface area contributed by atoms with Gasteiger partial charge in [0.15, 0.2) is 0 Å². The summed E-state index contributed by atoms with van der Waals surface area (Å²) in [5.41, 5.74) is 2.40. The molecule has 0 fully saturated rings. The van der Waals surface area contributed by atoms with Gasteiger partial charge in [0.25, 0.3) is 0 Å². The third-order valence-corrected chi connectivity index (χ3v) is 3.03. The fourth-order valence-corrected chi connectivity index (χ4v) is 2.10. The number of carbonyl (C=O) groups is 1. The Morgan fingerprint density at radius 2 is 2.17 bits per heavy atom. The van der Waals surface area contributed by atoms with E-state index < -0.39 is 0 Å². The van der Waals surface area contributed by atoms with Crippen molar-refractivity contribution in [2.45, 2.75) is 20.3 Å². The minimum Gasteiger partial charge on any atom is -0.361 e. The van der Waals surface area contributed by atoms with Crippen LogP contribution in [0.5, 0.6) is 0 Å². The van der Waals surface area contributed by atoms with E-state index in [0.29, 0.717) is 6.54 Å². The molecule has 3 heteroatoms. The molecule has 0 radical (unpaired) electrons. The summed E-state index contributed by atoms with van der Waals surface area (Å²) in [6.07, 6.45) is 6.60. The Bertz CT molecular complexity index is 569. The second kappa shape index (κ2) is 5.54. The maximum absolute atomic E-state index is 11.4. The highest BCUT2D eigenvalue weighted by atomic mass is 16.2. The Balaban J connectivity index is 2.12. The van der Waals surface area contributed by atoms with E-state index >= 15 is 0 Å². The summed E-state index contributed by atoms with van der Waals surface area (Å²) in [7, 11) is 0. The minimum absolute atomic E-state index is 0.0768. The molecule has 1 aromatic carbocycles. The van der Waals surface area contributed by atoms with Gasteiger partial charge < -0.3 is 9.88 Å². The van der Waals surface area contributed by atoms with Crippen molar-refractivity contribution in [3.8, 4) is 0 Å². The monoisotopic (exact) mass is 242 g/mol. The number of allylic oxidation sites excluding steroid dienone is 1. The van der Waals surface area contributed by atoms with Crippen LogP contribution in [-0.2, 0) is 11.2 Å². The van der Waals surface area contributed by atoms with Gasteiger partial charge in [-0.25, -0.2) is 0 Å². The average Bonchev–Trinajstić information content (AvgIpc) is 2.77. The number of aromatic nitrogens is 1. The summed E-state index contributed by atoms with van der Waals surface area (Å²) in [6.45, 7) is 4.22. The van der Waals surface area contributed by atoms with Gasteiger partial charge in [0.2, 0.25) is 5.91 Å². The topological polar surface area (TPSA) is 36.1 Å². The van der Waals surface area contributed by atoms with E-state index in [1.54, 1.807) is 11.8 Å². The van der Waals surface area contributed by atoms with Crippen molar-refractivity contribution in [2.75, 3.05) is 6.54 Å². The fraction of sp³-hybridized carbons (Fsp3) is 0.267. The lowest BCUT2D eigenvalue weighted by Gasteiger charge is -2.15. The van der Waals surface area contributed by atoms with Crippen molar-refractivity contribution in [1.82, 2.24) is 9.88 Å². The number of aromatic amines is 1. The first-order valence-electron chi connectivity index (χ1n) is 6.17. The molecule has 3 nitrogen and oxygen atoms in total. The standard InChI is InChI=1S/C15H18N2O/c1-3-9-17(12(2)18)10-8-13-11-16-15-7-5-4-6-14(13)15/h3-7,9,11,16H,8,10H2,1-2H3/b9-3+. The smallest absolute Gasteiger partial charge is 0.223 e. The molecule has 18 heavy (non-hydrogen) atoms. The first-order chi connectivity index (χ1) is 8.72. The molecule has 0 spiro atoms. The van der Waals surface area contributed by atoms with Crippen LogP contribution < -0.4 is 0 Å². The molecule has 0 saturated carbocycles. The number of hydrogen-bond donors (Lipinski definition) is 1. The van der Waals surface area contributed by atoms with Gasteiger partial charge in [0.1, 0.15) is 0 Å². The Morgan fingerprint density at radius 1 is 1.39 bits per heavy atom. The number of hydrogen-bond acceptors (Lipinski definition) is 1.